The van der Waals surface area contributed by atoms with Crippen LogP contribution >= 0.6 is 11.8 Å². The first-order valence-electron chi connectivity index (χ1n) is 4.94. The van der Waals surface area contributed by atoms with Gasteiger partial charge in [0.05, 0.1) is 0 Å². The maximum Gasteiger partial charge on any atom is 0.249 e. The van der Waals surface area contributed by atoms with E-state index in [4.69, 9.17) is 0 Å². The van der Waals surface area contributed by atoms with Gasteiger partial charge in [0, 0.05) is 30.2 Å². The topological polar surface area (TPSA) is 20.3 Å². The average Bonchev–Trinajstić information content (AvgIpc) is 2.71. The summed E-state index contributed by atoms with van der Waals surface area (Å²) < 4.78 is 0. The van der Waals surface area contributed by atoms with Crippen LogP contribution in [0.3, 0.4) is 0 Å². The molecule has 1 aliphatic heterocycles. The molecule has 0 unspecified atom stereocenters. The lowest BCUT2D eigenvalue weighted by molar-refractivity contribution is -0.126. The van der Waals surface area contributed by atoms with Crippen LogP contribution in [0, 0.1) is 0 Å². The summed E-state index contributed by atoms with van der Waals surface area (Å²) in [4.78, 5) is 13.9. The van der Waals surface area contributed by atoms with Gasteiger partial charge in [0.1, 0.15) is 0 Å². The molecule has 2 aliphatic rings. The Morgan fingerprint density at radius 2 is 2.15 bits per heavy atom. The number of thioether (sulfide) groups is 1. The molecule has 0 saturated carbocycles. The normalized spacial score (nSPS) is 23.1. The predicted octanol–water partition coefficient (Wildman–Crippen LogP) is 1.67. The van der Waals surface area contributed by atoms with Crippen molar-refractivity contribution in [3.63, 3.8) is 0 Å². The van der Waals surface area contributed by atoms with Crippen molar-refractivity contribution in [2.45, 2.75) is 19.3 Å². The highest BCUT2D eigenvalue weighted by Crippen LogP contribution is 2.21. The summed E-state index contributed by atoms with van der Waals surface area (Å²) in [5, 5.41) is 0. The van der Waals surface area contributed by atoms with Gasteiger partial charge in [-0.3, -0.25) is 4.79 Å². The Hall–Kier alpha value is -0.440. The third-order valence-electron chi connectivity index (χ3n) is 2.61. The fraction of sp³-hybridized carbons (Fsp3) is 0.700. The van der Waals surface area contributed by atoms with Crippen LogP contribution in [-0.2, 0) is 4.79 Å². The summed E-state index contributed by atoms with van der Waals surface area (Å²) >= 11 is 1.95. The molecule has 0 aromatic carbocycles. The molecule has 0 atom stereocenters. The molecule has 1 fully saturated rings. The molecule has 1 heterocycles. The fourth-order valence-corrected chi connectivity index (χ4v) is 2.74. The number of nitrogens with zero attached hydrogens (tertiary/aromatic N) is 1. The van der Waals surface area contributed by atoms with Gasteiger partial charge in [0.25, 0.3) is 0 Å². The van der Waals surface area contributed by atoms with Gasteiger partial charge in [-0.25, -0.2) is 0 Å². The summed E-state index contributed by atoms with van der Waals surface area (Å²) in [6.45, 7) is 1.89. The fourth-order valence-electron chi connectivity index (χ4n) is 1.83. The minimum Gasteiger partial charge on any atom is -0.337 e. The van der Waals surface area contributed by atoms with Gasteiger partial charge in [0.15, 0.2) is 0 Å². The molecule has 0 bridgehead atoms. The van der Waals surface area contributed by atoms with Gasteiger partial charge in [-0.15, -0.1) is 0 Å². The molecule has 0 aromatic rings. The zero-order chi connectivity index (χ0) is 9.10. The van der Waals surface area contributed by atoms with Crippen molar-refractivity contribution in [1.82, 2.24) is 4.90 Å². The smallest absolute Gasteiger partial charge is 0.249 e. The third-order valence-corrected chi connectivity index (χ3v) is 3.56. The summed E-state index contributed by atoms with van der Waals surface area (Å²) in [6, 6.07) is 0. The molecule has 3 heteroatoms. The molecule has 1 saturated heterocycles. The number of carbonyl (C=O) groups is 1. The Morgan fingerprint density at radius 3 is 2.77 bits per heavy atom. The van der Waals surface area contributed by atoms with Crippen LogP contribution in [0.4, 0.5) is 0 Å². The van der Waals surface area contributed by atoms with Crippen molar-refractivity contribution >= 4 is 17.7 Å². The largest absolute Gasteiger partial charge is 0.337 e. The zero-order valence-corrected chi connectivity index (χ0v) is 8.61. The summed E-state index contributed by atoms with van der Waals surface area (Å²) in [5.41, 5.74) is 1.06. The molecule has 2 nitrogen and oxygen atoms in total. The van der Waals surface area contributed by atoms with Crippen LogP contribution in [0.2, 0.25) is 0 Å². The van der Waals surface area contributed by atoms with E-state index >= 15 is 0 Å². The van der Waals surface area contributed by atoms with Gasteiger partial charge in [-0.1, -0.05) is 6.08 Å². The van der Waals surface area contributed by atoms with Gasteiger partial charge in [-0.05, 0) is 19.3 Å². The number of rotatable bonds is 1. The molecule has 1 amide bonds. The summed E-state index contributed by atoms with van der Waals surface area (Å²) in [5.74, 6) is 2.52. The second kappa shape index (κ2) is 4.18. The molecular weight excluding hydrogens is 182 g/mol. The van der Waals surface area contributed by atoms with Crippen molar-refractivity contribution < 1.29 is 4.79 Å². The van der Waals surface area contributed by atoms with Crippen LogP contribution in [-0.4, -0.2) is 35.4 Å². The van der Waals surface area contributed by atoms with E-state index in [-0.39, 0.29) is 0 Å². The first-order chi connectivity index (χ1) is 6.38. The van der Waals surface area contributed by atoms with Crippen molar-refractivity contribution in [2.24, 2.45) is 0 Å². The van der Waals surface area contributed by atoms with E-state index in [0.29, 0.717) is 5.91 Å². The van der Waals surface area contributed by atoms with Crippen molar-refractivity contribution in [3.05, 3.63) is 11.6 Å². The highest BCUT2D eigenvalue weighted by Gasteiger charge is 2.21. The Labute approximate surface area is 83.4 Å². The quantitative estimate of drug-likeness (QED) is 0.637. The number of allylic oxidation sites excluding steroid dienone is 1. The lowest BCUT2D eigenvalue weighted by Gasteiger charge is -2.26. The minimum atomic E-state index is 0.304. The highest BCUT2D eigenvalue weighted by atomic mass is 32.2. The lowest BCUT2D eigenvalue weighted by Crippen LogP contribution is -2.38. The molecule has 13 heavy (non-hydrogen) atoms. The van der Waals surface area contributed by atoms with E-state index in [2.05, 4.69) is 6.08 Å². The minimum absolute atomic E-state index is 0.304. The van der Waals surface area contributed by atoms with Crippen LogP contribution < -0.4 is 0 Å². The second-order valence-electron chi connectivity index (χ2n) is 3.53. The Morgan fingerprint density at radius 1 is 1.38 bits per heavy atom. The van der Waals surface area contributed by atoms with E-state index in [1.54, 1.807) is 0 Å². The molecule has 1 aliphatic carbocycles. The first-order valence-corrected chi connectivity index (χ1v) is 6.09. The summed E-state index contributed by atoms with van der Waals surface area (Å²) in [6.07, 6.45) is 5.39. The van der Waals surface area contributed by atoms with Crippen molar-refractivity contribution in [1.29, 1.82) is 0 Å². The van der Waals surface area contributed by atoms with Crippen molar-refractivity contribution in [3.8, 4) is 0 Å². The molecular formula is C10H15NOS. The maximum atomic E-state index is 11.8. The predicted molar refractivity (Wildman–Crippen MR) is 55.8 cm³/mol. The standard InChI is InChI=1S/C10H15NOS/c12-10(9-3-1-2-4-9)11-5-7-13-8-6-11/h3H,1-2,4-8H2. The third kappa shape index (κ3) is 2.08. The van der Waals surface area contributed by atoms with E-state index in [9.17, 15) is 4.79 Å². The first kappa shape index (κ1) is 9.13. The highest BCUT2D eigenvalue weighted by molar-refractivity contribution is 7.99. The molecule has 72 valence electrons. The maximum absolute atomic E-state index is 11.8. The molecule has 0 aromatic heterocycles. The van der Waals surface area contributed by atoms with Crippen molar-refractivity contribution in [2.75, 3.05) is 24.6 Å². The van der Waals surface area contributed by atoms with Crippen LogP contribution in [0.25, 0.3) is 0 Å². The monoisotopic (exact) mass is 197 g/mol. The Bertz CT molecular complexity index is 231. The second-order valence-corrected chi connectivity index (χ2v) is 4.75. The number of hydrogen-bond acceptors (Lipinski definition) is 2. The number of carbonyl (C=O) groups excluding carboxylic acids is 1. The van der Waals surface area contributed by atoms with E-state index < -0.39 is 0 Å². The molecule has 2 rings (SSSR count). The zero-order valence-electron chi connectivity index (χ0n) is 7.79. The van der Waals surface area contributed by atoms with Gasteiger partial charge in [-0.2, -0.15) is 11.8 Å². The van der Waals surface area contributed by atoms with Gasteiger partial charge >= 0.3 is 0 Å². The Kier molecular flexibility index (Phi) is 2.94. The number of amides is 1. The van der Waals surface area contributed by atoms with E-state index in [0.717, 1.165) is 43.0 Å². The van der Waals surface area contributed by atoms with Gasteiger partial charge < -0.3 is 4.90 Å². The molecule has 0 spiro atoms. The SMILES string of the molecule is O=C(C1=CCCC1)N1CCSCC1. The number of hydrogen-bond donors (Lipinski definition) is 0. The summed E-state index contributed by atoms with van der Waals surface area (Å²) in [7, 11) is 0. The van der Waals surface area contributed by atoms with Crippen LogP contribution in [0.5, 0.6) is 0 Å². The molecule has 0 N–H and O–H groups in total. The van der Waals surface area contributed by atoms with Crippen LogP contribution in [0.1, 0.15) is 19.3 Å². The van der Waals surface area contributed by atoms with E-state index in [1.807, 2.05) is 16.7 Å². The average molecular weight is 197 g/mol. The van der Waals surface area contributed by atoms with Gasteiger partial charge in [0.2, 0.25) is 5.91 Å². The lowest BCUT2D eigenvalue weighted by atomic mass is 10.2. The Balaban J connectivity index is 1.94. The van der Waals surface area contributed by atoms with E-state index in [1.165, 1.54) is 6.42 Å². The molecule has 0 radical (unpaired) electrons. The van der Waals surface area contributed by atoms with Crippen LogP contribution in [0.15, 0.2) is 11.6 Å².